The van der Waals surface area contributed by atoms with Crippen molar-refractivity contribution in [2.75, 3.05) is 36.4 Å². The van der Waals surface area contributed by atoms with Crippen molar-refractivity contribution >= 4 is 29.1 Å². The minimum atomic E-state index is -0.0838. The summed E-state index contributed by atoms with van der Waals surface area (Å²) in [5.74, 6) is 0.104. The monoisotopic (exact) mass is 448 g/mol. The number of para-hydroxylation sites is 2. The van der Waals surface area contributed by atoms with Gasteiger partial charge in [0.15, 0.2) is 0 Å². The highest BCUT2D eigenvalue weighted by atomic mass is 16.2. The molecular weight excluding hydrogens is 416 g/mol. The number of anilines is 2. The second-order valence-electron chi connectivity index (χ2n) is 8.82. The zero-order valence-corrected chi connectivity index (χ0v) is 19.0. The number of hydrogen-bond donors (Lipinski definition) is 2. The van der Waals surface area contributed by atoms with E-state index in [1.165, 1.54) is 5.56 Å². The largest absolute Gasteiger partial charge is 0.353 e. The highest BCUT2D eigenvalue weighted by molar-refractivity contribution is 6.02. The Balaban J connectivity index is 1.20. The third-order valence-electron chi connectivity index (χ3n) is 6.35. The van der Waals surface area contributed by atoms with Gasteiger partial charge in [0.1, 0.15) is 0 Å². The Bertz CT molecular complexity index is 971. The quantitative estimate of drug-likeness (QED) is 0.651. The highest BCUT2D eigenvalue weighted by Gasteiger charge is 2.25. The molecule has 174 valence electrons. The van der Waals surface area contributed by atoms with Gasteiger partial charge in [-0.2, -0.15) is 0 Å². The summed E-state index contributed by atoms with van der Waals surface area (Å²) in [6.45, 7) is 2.53. The number of rotatable bonds is 8. The van der Waals surface area contributed by atoms with Gasteiger partial charge in [0.05, 0.1) is 17.9 Å². The van der Waals surface area contributed by atoms with E-state index >= 15 is 0 Å². The summed E-state index contributed by atoms with van der Waals surface area (Å²) >= 11 is 0. The third-order valence-corrected chi connectivity index (χ3v) is 6.35. The summed E-state index contributed by atoms with van der Waals surface area (Å²) in [4.78, 5) is 41.0. The lowest BCUT2D eigenvalue weighted by atomic mass is 10.0. The van der Waals surface area contributed by atoms with Crippen LogP contribution < -0.4 is 15.5 Å². The molecule has 0 aliphatic carbocycles. The van der Waals surface area contributed by atoms with Crippen LogP contribution in [0.15, 0.2) is 54.6 Å². The SMILES string of the molecule is O=C(CN1CCC(NC(=O)CCc2ccccc2)CC1)Nc1ccccc1N1CCCC1=O. The maximum Gasteiger partial charge on any atom is 0.238 e. The number of benzene rings is 2. The Kier molecular flexibility index (Phi) is 7.73. The maximum atomic E-state index is 12.7. The lowest BCUT2D eigenvalue weighted by molar-refractivity contribution is -0.122. The van der Waals surface area contributed by atoms with Crippen LogP contribution in [0, 0.1) is 0 Å². The van der Waals surface area contributed by atoms with Crippen molar-refractivity contribution in [1.82, 2.24) is 10.2 Å². The Hall–Kier alpha value is -3.19. The van der Waals surface area contributed by atoms with Gasteiger partial charge in [-0.05, 0) is 43.4 Å². The summed E-state index contributed by atoms with van der Waals surface area (Å²) in [6, 6.07) is 17.7. The molecule has 2 aliphatic rings. The molecule has 0 unspecified atom stereocenters. The number of carbonyl (C=O) groups is 3. The number of piperidine rings is 1. The van der Waals surface area contributed by atoms with Crippen LogP contribution in [0.25, 0.3) is 0 Å². The van der Waals surface area contributed by atoms with Gasteiger partial charge in [0.25, 0.3) is 0 Å². The summed E-state index contributed by atoms with van der Waals surface area (Å²) in [5, 5.41) is 6.13. The van der Waals surface area contributed by atoms with E-state index in [9.17, 15) is 14.4 Å². The van der Waals surface area contributed by atoms with Crippen molar-refractivity contribution in [3.8, 4) is 0 Å². The molecule has 4 rings (SSSR count). The molecule has 2 aromatic rings. The predicted molar refractivity (Wildman–Crippen MR) is 129 cm³/mol. The van der Waals surface area contributed by atoms with Crippen molar-refractivity contribution in [2.45, 2.75) is 44.6 Å². The van der Waals surface area contributed by atoms with Gasteiger partial charge in [-0.25, -0.2) is 0 Å². The van der Waals surface area contributed by atoms with E-state index in [4.69, 9.17) is 0 Å². The summed E-state index contributed by atoms with van der Waals surface area (Å²) < 4.78 is 0. The average molecular weight is 449 g/mol. The first-order chi connectivity index (χ1) is 16.1. The fraction of sp³-hybridized carbons (Fsp3) is 0.423. The number of amides is 3. The van der Waals surface area contributed by atoms with Gasteiger partial charge >= 0.3 is 0 Å². The first-order valence-electron chi connectivity index (χ1n) is 11.8. The number of carbonyl (C=O) groups excluding carboxylic acids is 3. The van der Waals surface area contributed by atoms with Gasteiger partial charge in [-0.15, -0.1) is 0 Å². The number of likely N-dealkylation sites (tertiary alicyclic amines) is 1. The van der Waals surface area contributed by atoms with Crippen LogP contribution in [0.1, 0.15) is 37.7 Å². The third kappa shape index (κ3) is 6.42. The van der Waals surface area contributed by atoms with E-state index < -0.39 is 0 Å². The van der Waals surface area contributed by atoms with Crippen LogP contribution in [-0.2, 0) is 20.8 Å². The minimum absolute atomic E-state index is 0.0838. The molecule has 0 aromatic heterocycles. The van der Waals surface area contributed by atoms with Crippen molar-refractivity contribution < 1.29 is 14.4 Å². The second-order valence-corrected chi connectivity index (χ2v) is 8.82. The molecule has 2 fully saturated rings. The molecule has 33 heavy (non-hydrogen) atoms. The standard InChI is InChI=1S/C26H32N4O3/c31-24(13-12-20-7-2-1-3-8-20)27-21-14-17-29(18-15-21)19-25(32)28-22-9-4-5-10-23(22)30-16-6-11-26(30)33/h1-5,7-10,21H,6,11-19H2,(H,27,31)(H,28,32). The lowest BCUT2D eigenvalue weighted by Gasteiger charge is -2.32. The smallest absolute Gasteiger partial charge is 0.238 e. The molecule has 2 aromatic carbocycles. The van der Waals surface area contributed by atoms with E-state index in [-0.39, 0.29) is 23.8 Å². The van der Waals surface area contributed by atoms with E-state index in [1.807, 2.05) is 54.6 Å². The Labute approximate surface area is 195 Å². The molecule has 3 amide bonds. The van der Waals surface area contributed by atoms with E-state index in [0.717, 1.165) is 44.5 Å². The molecule has 0 atom stereocenters. The molecule has 2 aliphatic heterocycles. The number of hydrogen-bond acceptors (Lipinski definition) is 4. The molecule has 7 nitrogen and oxygen atoms in total. The van der Waals surface area contributed by atoms with E-state index in [0.29, 0.717) is 31.6 Å². The van der Waals surface area contributed by atoms with Crippen LogP contribution in [0.3, 0.4) is 0 Å². The normalized spacial score (nSPS) is 17.2. The number of nitrogens with zero attached hydrogens (tertiary/aromatic N) is 2. The first kappa shape index (κ1) is 23.0. The molecule has 0 saturated carbocycles. The zero-order valence-electron chi connectivity index (χ0n) is 19.0. The Morgan fingerprint density at radius 2 is 1.64 bits per heavy atom. The summed E-state index contributed by atoms with van der Waals surface area (Å²) in [6.07, 6.45) is 4.31. The van der Waals surface area contributed by atoms with Crippen LogP contribution >= 0.6 is 0 Å². The number of aryl methyl sites for hydroxylation is 1. The fourth-order valence-electron chi connectivity index (χ4n) is 4.55. The molecule has 7 heteroatoms. The molecule has 2 N–H and O–H groups in total. The topological polar surface area (TPSA) is 81.8 Å². The molecule has 2 saturated heterocycles. The molecular formula is C26H32N4O3. The van der Waals surface area contributed by atoms with Crippen molar-refractivity contribution in [3.63, 3.8) is 0 Å². The van der Waals surface area contributed by atoms with Crippen LogP contribution in [0.4, 0.5) is 11.4 Å². The summed E-state index contributed by atoms with van der Waals surface area (Å²) in [7, 11) is 0. The molecule has 0 bridgehead atoms. The lowest BCUT2D eigenvalue weighted by Crippen LogP contribution is -2.46. The van der Waals surface area contributed by atoms with Crippen LogP contribution in [0.5, 0.6) is 0 Å². The van der Waals surface area contributed by atoms with Crippen LogP contribution in [-0.4, -0.2) is 54.8 Å². The highest BCUT2D eigenvalue weighted by Crippen LogP contribution is 2.29. The average Bonchev–Trinajstić information content (AvgIpc) is 3.25. The Morgan fingerprint density at radius 1 is 0.909 bits per heavy atom. The van der Waals surface area contributed by atoms with E-state index in [1.54, 1.807) is 4.90 Å². The van der Waals surface area contributed by atoms with Crippen LogP contribution in [0.2, 0.25) is 0 Å². The first-order valence-corrected chi connectivity index (χ1v) is 11.8. The van der Waals surface area contributed by atoms with Crippen molar-refractivity contribution in [1.29, 1.82) is 0 Å². The number of nitrogens with one attached hydrogen (secondary N) is 2. The van der Waals surface area contributed by atoms with Crippen molar-refractivity contribution in [3.05, 3.63) is 60.2 Å². The van der Waals surface area contributed by atoms with Gasteiger partial charge in [-0.1, -0.05) is 42.5 Å². The molecule has 2 heterocycles. The van der Waals surface area contributed by atoms with Gasteiger partial charge in [-0.3, -0.25) is 19.3 Å². The Morgan fingerprint density at radius 3 is 2.36 bits per heavy atom. The molecule has 0 radical (unpaired) electrons. The van der Waals surface area contributed by atoms with Gasteiger partial charge in [0, 0.05) is 38.5 Å². The fourth-order valence-corrected chi connectivity index (χ4v) is 4.55. The zero-order chi connectivity index (χ0) is 23.0. The second kappa shape index (κ2) is 11.1. The molecule has 0 spiro atoms. The summed E-state index contributed by atoms with van der Waals surface area (Å²) in [5.41, 5.74) is 2.62. The maximum absolute atomic E-state index is 12.7. The van der Waals surface area contributed by atoms with Gasteiger partial charge in [0.2, 0.25) is 17.7 Å². The van der Waals surface area contributed by atoms with Crippen molar-refractivity contribution in [2.24, 2.45) is 0 Å². The van der Waals surface area contributed by atoms with E-state index in [2.05, 4.69) is 15.5 Å². The van der Waals surface area contributed by atoms with Gasteiger partial charge < -0.3 is 15.5 Å². The predicted octanol–water partition coefficient (Wildman–Crippen LogP) is 2.97. The minimum Gasteiger partial charge on any atom is -0.353 e.